The van der Waals surface area contributed by atoms with Gasteiger partial charge in [0.05, 0.1) is 16.4 Å². The van der Waals surface area contributed by atoms with Crippen molar-refractivity contribution in [1.82, 2.24) is 0 Å². The maximum absolute atomic E-state index is 13.3. The first-order valence-electron chi connectivity index (χ1n) is 8.59. The number of hydrazone groups is 1. The Morgan fingerprint density at radius 1 is 0.964 bits per heavy atom. The van der Waals surface area contributed by atoms with Crippen molar-refractivity contribution in [2.75, 3.05) is 9.91 Å². The van der Waals surface area contributed by atoms with Crippen LogP contribution in [-0.2, 0) is 14.4 Å². The van der Waals surface area contributed by atoms with E-state index in [0.717, 1.165) is 4.90 Å². The molecule has 1 saturated heterocycles. The fraction of sp³-hybridized carbons (Fsp3) is 0.200. The summed E-state index contributed by atoms with van der Waals surface area (Å²) in [6.07, 6.45) is 0. The van der Waals surface area contributed by atoms with E-state index in [1.165, 1.54) is 11.9 Å². The molecule has 2 amide bonds. The van der Waals surface area contributed by atoms with Gasteiger partial charge in [-0.1, -0.05) is 41.4 Å². The Bertz CT molecular complexity index is 1070. The zero-order chi connectivity index (χ0) is 20.2. The first-order valence-corrected chi connectivity index (χ1v) is 9.34. The van der Waals surface area contributed by atoms with Gasteiger partial charge in [0, 0.05) is 11.9 Å². The van der Waals surface area contributed by atoms with E-state index >= 15 is 0 Å². The molecule has 0 aliphatic carbocycles. The molecule has 2 aromatic carbocycles. The molecule has 4 rings (SSSR count). The molecule has 0 N–H and O–H groups in total. The van der Waals surface area contributed by atoms with E-state index < -0.39 is 23.8 Å². The monoisotopic (exact) mass is 415 g/mol. The molecule has 8 heteroatoms. The largest absolute Gasteiger partial charge is 0.293 e. The first kappa shape index (κ1) is 18.7. The Hall–Kier alpha value is -2.70. The van der Waals surface area contributed by atoms with Gasteiger partial charge < -0.3 is 0 Å². The second-order valence-corrected chi connectivity index (χ2v) is 7.47. The topological polar surface area (TPSA) is 70.1 Å². The van der Waals surface area contributed by atoms with Crippen molar-refractivity contribution >= 4 is 57.9 Å². The minimum atomic E-state index is -0.986. The van der Waals surface area contributed by atoms with Crippen LogP contribution in [0.3, 0.4) is 0 Å². The highest BCUT2D eigenvalue weighted by atomic mass is 35.5. The lowest BCUT2D eigenvalue weighted by molar-refractivity contribution is -0.122. The highest BCUT2D eigenvalue weighted by Crippen LogP contribution is 2.41. The molecule has 2 atom stereocenters. The molecule has 142 valence electrons. The summed E-state index contributed by atoms with van der Waals surface area (Å²) < 4.78 is 0. The number of para-hydroxylation sites is 1. The van der Waals surface area contributed by atoms with Gasteiger partial charge in [0.25, 0.3) is 5.91 Å². The lowest BCUT2D eigenvalue weighted by Crippen LogP contribution is -2.39. The van der Waals surface area contributed by atoms with Crippen molar-refractivity contribution in [2.45, 2.75) is 19.9 Å². The minimum Gasteiger partial charge on any atom is -0.293 e. The van der Waals surface area contributed by atoms with Gasteiger partial charge in [-0.2, -0.15) is 5.10 Å². The molecular formula is C20H15Cl2N3O3. The molecule has 28 heavy (non-hydrogen) atoms. The van der Waals surface area contributed by atoms with Gasteiger partial charge in [0.2, 0.25) is 5.91 Å². The number of amides is 2. The third-order valence-electron chi connectivity index (χ3n) is 4.99. The molecule has 0 unspecified atom stereocenters. The number of fused-ring (bicyclic) bond motifs is 1. The molecule has 0 aromatic heterocycles. The summed E-state index contributed by atoms with van der Waals surface area (Å²) in [6, 6.07) is 10.9. The molecule has 0 bridgehead atoms. The molecule has 2 aromatic rings. The minimum absolute atomic E-state index is 0.0467. The molecule has 6 nitrogen and oxygen atoms in total. The number of imide groups is 1. The van der Waals surface area contributed by atoms with E-state index in [9.17, 15) is 14.4 Å². The Balaban J connectivity index is 1.86. The summed E-state index contributed by atoms with van der Waals surface area (Å²) in [6.45, 7) is 3.06. The predicted molar refractivity (Wildman–Crippen MR) is 108 cm³/mol. The lowest BCUT2D eigenvalue weighted by Gasteiger charge is -2.23. The zero-order valence-corrected chi connectivity index (χ0v) is 16.5. The van der Waals surface area contributed by atoms with Gasteiger partial charge >= 0.3 is 0 Å². The standard InChI is InChI=1S/C20H15Cl2N3O3/c1-10-12(21)7-5-9-14(10)24-19(27)16-17(11(2)26)23-25(18(16)20(24)28)15-8-4-3-6-13(15)22/h3-9,16,18H,1-2H3/t16-,18+/m1/s1. The fourth-order valence-corrected chi connectivity index (χ4v) is 4.01. The molecule has 2 aliphatic rings. The Kier molecular flexibility index (Phi) is 4.48. The van der Waals surface area contributed by atoms with E-state index in [1.54, 1.807) is 49.4 Å². The van der Waals surface area contributed by atoms with Crippen molar-refractivity contribution in [3.63, 3.8) is 0 Å². The summed E-state index contributed by atoms with van der Waals surface area (Å²) in [5.74, 6) is -2.32. The van der Waals surface area contributed by atoms with Crippen LogP contribution in [-0.4, -0.2) is 29.4 Å². The number of benzene rings is 2. The van der Waals surface area contributed by atoms with Crippen LogP contribution in [0.2, 0.25) is 10.0 Å². The normalized spacial score (nSPS) is 21.2. The van der Waals surface area contributed by atoms with Crippen molar-refractivity contribution in [3.05, 3.63) is 58.1 Å². The van der Waals surface area contributed by atoms with Crippen LogP contribution >= 0.6 is 23.2 Å². The van der Waals surface area contributed by atoms with Gasteiger partial charge in [0.1, 0.15) is 17.7 Å². The maximum Gasteiger partial charge on any atom is 0.259 e. The molecular weight excluding hydrogens is 401 g/mol. The van der Waals surface area contributed by atoms with Crippen LogP contribution in [0, 0.1) is 12.8 Å². The number of rotatable bonds is 3. The Labute approximate surface area is 171 Å². The van der Waals surface area contributed by atoms with Crippen LogP contribution in [0.25, 0.3) is 0 Å². The van der Waals surface area contributed by atoms with Crippen LogP contribution in [0.5, 0.6) is 0 Å². The summed E-state index contributed by atoms with van der Waals surface area (Å²) in [5, 5.41) is 6.48. The number of carbonyl (C=O) groups is 3. The number of anilines is 2. The molecule has 2 aliphatic heterocycles. The number of halogens is 2. The Morgan fingerprint density at radius 2 is 1.61 bits per heavy atom. The van der Waals surface area contributed by atoms with E-state index in [0.29, 0.717) is 27.0 Å². The quantitative estimate of drug-likeness (QED) is 0.717. The molecule has 0 saturated carbocycles. The fourth-order valence-electron chi connectivity index (χ4n) is 3.62. The van der Waals surface area contributed by atoms with Gasteiger partial charge in [0.15, 0.2) is 5.78 Å². The van der Waals surface area contributed by atoms with E-state index in [2.05, 4.69) is 5.10 Å². The average molecular weight is 416 g/mol. The van der Waals surface area contributed by atoms with Crippen LogP contribution < -0.4 is 9.91 Å². The van der Waals surface area contributed by atoms with Crippen molar-refractivity contribution in [2.24, 2.45) is 11.0 Å². The number of ketones is 1. The van der Waals surface area contributed by atoms with Gasteiger partial charge in [-0.3, -0.25) is 14.4 Å². The summed E-state index contributed by atoms with van der Waals surface area (Å²) >= 11 is 12.5. The summed E-state index contributed by atoms with van der Waals surface area (Å²) in [4.78, 5) is 39.8. The van der Waals surface area contributed by atoms with Crippen LogP contribution in [0.1, 0.15) is 12.5 Å². The average Bonchev–Trinajstić information content (AvgIpc) is 3.16. The van der Waals surface area contributed by atoms with Crippen molar-refractivity contribution in [3.8, 4) is 0 Å². The molecule has 1 fully saturated rings. The third kappa shape index (κ3) is 2.64. The highest BCUT2D eigenvalue weighted by molar-refractivity contribution is 6.49. The molecule has 0 spiro atoms. The number of hydrogen-bond donors (Lipinski definition) is 0. The Morgan fingerprint density at radius 3 is 2.29 bits per heavy atom. The highest BCUT2D eigenvalue weighted by Gasteiger charge is 2.58. The van der Waals surface area contributed by atoms with Crippen LogP contribution in [0.15, 0.2) is 47.6 Å². The molecule has 2 heterocycles. The molecule has 0 radical (unpaired) electrons. The number of Topliss-reactive ketones (excluding diaryl/α,β-unsaturated/α-hetero) is 1. The van der Waals surface area contributed by atoms with E-state index in [-0.39, 0.29) is 11.5 Å². The zero-order valence-electron chi connectivity index (χ0n) is 15.0. The number of hydrogen-bond acceptors (Lipinski definition) is 5. The van der Waals surface area contributed by atoms with Gasteiger partial charge in [-0.15, -0.1) is 0 Å². The number of nitrogens with zero attached hydrogens (tertiary/aromatic N) is 3. The second-order valence-electron chi connectivity index (χ2n) is 6.66. The third-order valence-corrected chi connectivity index (χ3v) is 5.72. The summed E-state index contributed by atoms with van der Waals surface area (Å²) in [7, 11) is 0. The van der Waals surface area contributed by atoms with Crippen LogP contribution in [0.4, 0.5) is 11.4 Å². The first-order chi connectivity index (χ1) is 13.3. The van der Waals surface area contributed by atoms with Crippen molar-refractivity contribution in [1.29, 1.82) is 0 Å². The maximum atomic E-state index is 13.3. The van der Waals surface area contributed by atoms with Gasteiger partial charge in [-0.25, -0.2) is 9.91 Å². The van der Waals surface area contributed by atoms with E-state index in [4.69, 9.17) is 23.2 Å². The van der Waals surface area contributed by atoms with Crippen molar-refractivity contribution < 1.29 is 14.4 Å². The smallest absolute Gasteiger partial charge is 0.259 e. The second kappa shape index (κ2) is 6.72. The summed E-state index contributed by atoms with van der Waals surface area (Å²) in [5.41, 5.74) is 1.52. The van der Waals surface area contributed by atoms with E-state index in [1.807, 2.05) is 0 Å². The lowest BCUT2D eigenvalue weighted by atomic mass is 9.95. The number of carbonyl (C=O) groups excluding carboxylic acids is 3. The van der Waals surface area contributed by atoms with Gasteiger partial charge in [-0.05, 0) is 36.8 Å². The SMILES string of the molecule is CC(=O)C1=NN(c2ccccc2Cl)[C@@H]2C(=O)N(c3cccc(Cl)c3C)C(=O)[C@H]12. The predicted octanol–water partition coefficient (Wildman–Crippen LogP) is 3.63.